The van der Waals surface area contributed by atoms with E-state index in [1.54, 1.807) is 29.9 Å². The standard InChI is InChI=1S/C10H10N2O3/c1-12-5-3-4-6-8(12)7(9(13)11-6)10(14)15-2/h3-5H,1-2H3,(H,11,13). The molecule has 5 heteroatoms. The molecule has 2 rings (SSSR count). The van der Waals surface area contributed by atoms with Crippen LogP contribution in [0.1, 0.15) is 10.4 Å². The highest BCUT2D eigenvalue weighted by atomic mass is 16.5. The number of fused-ring (bicyclic) bond motifs is 1. The number of carbonyl (C=O) groups is 1. The number of pyridine rings is 1. The number of aryl methyl sites for hydroxylation is 1. The topological polar surface area (TPSA) is 64.3 Å². The molecule has 2 aliphatic heterocycles. The second-order valence-corrected chi connectivity index (χ2v) is 3.15. The maximum atomic E-state index is 11.4. The average Bonchev–Trinajstić information content (AvgIpc) is 2.55. The highest BCUT2D eigenvalue weighted by Crippen LogP contribution is 2.32. The molecule has 78 valence electrons. The molecule has 0 aromatic carbocycles. The Balaban J connectivity index is 2.74. The van der Waals surface area contributed by atoms with Crippen LogP contribution in [0.15, 0.2) is 18.3 Å². The van der Waals surface area contributed by atoms with Crippen molar-refractivity contribution >= 4 is 5.97 Å². The summed E-state index contributed by atoms with van der Waals surface area (Å²) in [4.78, 5) is 15.3. The number of hydrogen-bond acceptors (Lipinski definition) is 4. The highest BCUT2D eigenvalue weighted by Gasteiger charge is 2.25. The molecule has 0 atom stereocenters. The van der Waals surface area contributed by atoms with Gasteiger partial charge >= 0.3 is 5.97 Å². The van der Waals surface area contributed by atoms with Crippen molar-refractivity contribution in [2.75, 3.05) is 7.11 Å². The van der Waals surface area contributed by atoms with Crippen molar-refractivity contribution in [3.63, 3.8) is 0 Å². The van der Waals surface area contributed by atoms with Crippen molar-refractivity contribution in [2.45, 2.75) is 0 Å². The van der Waals surface area contributed by atoms with Crippen molar-refractivity contribution in [3.8, 4) is 17.3 Å². The molecule has 15 heavy (non-hydrogen) atoms. The molecule has 5 nitrogen and oxygen atoms in total. The van der Waals surface area contributed by atoms with Gasteiger partial charge in [0.1, 0.15) is 5.56 Å². The second kappa shape index (κ2) is 3.27. The van der Waals surface area contributed by atoms with Gasteiger partial charge in [0, 0.05) is 13.2 Å². The van der Waals surface area contributed by atoms with E-state index in [9.17, 15) is 9.90 Å². The van der Waals surface area contributed by atoms with Crippen LogP contribution in [0.2, 0.25) is 0 Å². The number of rotatable bonds is 1. The fraction of sp³-hybridized carbons (Fsp3) is 0.200. The monoisotopic (exact) mass is 206 g/mol. The minimum Gasteiger partial charge on any atom is -0.493 e. The van der Waals surface area contributed by atoms with Gasteiger partial charge in [-0.2, -0.15) is 0 Å². The van der Waals surface area contributed by atoms with Gasteiger partial charge in [0.25, 0.3) is 0 Å². The average molecular weight is 206 g/mol. The summed E-state index contributed by atoms with van der Waals surface area (Å²) in [6.07, 6.45) is 1.77. The smallest absolute Gasteiger partial charge is 0.345 e. The van der Waals surface area contributed by atoms with E-state index in [0.717, 1.165) is 0 Å². The Morgan fingerprint density at radius 2 is 2.33 bits per heavy atom. The zero-order valence-electron chi connectivity index (χ0n) is 8.39. The summed E-state index contributed by atoms with van der Waals surface area (Å²) in [5.41, 5.74) is 1.25. The first kappa shape index (κ1) is 9.51. The third-order valence-corrected chi connectivity index (χ3v) is 2.24. The van der Waals surface area contributed by atoms with Crippen LogP contribution in [-0.2, 0) is 11.8 Å². The molecule has 0 saturated carbocycles. The summed E-state index contributed by atoms with van der Waals surface area (Å²) >= 11 is 0. The van der Waals surface area contributed by atoms with E-state index in [1.165, 1.54) is 7.11 Å². The molecule has 0 aromatic rings. The number of hydrogen-bond donors (Lipinski definition) is 1. The Hall–Kier alpha value is -2.04. The molecule has 0 spiro atoms. The van der Waals surface area contributed by atoms with Crippen LogP contribution >= 0.6 is 0 Å². The molecule has 0 fully saturated rings. The molecule has 0 bridgehead atoms. The normalized spacial score (nSPS) is 10.5. The van der Waals surface area contributed by atoms with E-state index in [-0.39, 0.29) is 11.4 Å². The summed E-state index contributed by atoms with van der Waals surface area (Å²) in [5, 5.41) is 9.54. The van der Waals surface area contributed by atoms with Crippen molar-refractivity contribution in [2.24, 2.45) is 7.05 Å². The van der Waals surface area contributed by atoms with Crippen molar-refractivity contribution in [3.05, 3.63) is 23.9 Å². The maximum absolute atomic E-state index is 11.4. The zero-order valence-corrected chi connectivity index (χ0v) is 8.39. The lowest BCUT2D eigenvalue weighted by Gasteiger charge is -2.06. The van der Waals surface area contributed by atoms with Crippen molar-refractivity contribution in [1.82, 2.24) is 9.55 Å². The van der Waals surface area contributed by atoms with Gasteiger partial charge in [-0.25, -0.2) is 9.78 Å². The first-order valence-electron chi connectivity index (χ1n) is 4.37. The van der Waals surface area contributed by atoms with Crippen LogP contribution < -0.4 is 0 Å². The quantitative estimate of drug-likeness (QED) is 0.707. The summed E-state index contributed by atoms with van der Waals surface area (Å²) < 4.78 is 6.30. The Morgan fingerprint density at radius 1 is 1.60 bits per heavy atom. The van der Waals surface area contributed by atoms with Crippen LogP contribution in [0, 0.1) is 0 Å². The Kier molecular flexibility index (Phi) is 2.07. The van der Waals surface area contributed by atoms with Gasteiger partial charge in [0.05, 0.1) is 18.5 Å². The summed E-state index contributed by atoms with van der Waals surface area (Å²) in [6.45, 7) is 0. The largest absolute Gasteiger partial charge is 0.493 e. The third-order valence-electron chi connectivity index (χ3n) is 2.24. The van der Waals surface area contributed by atoms with E-state index in [0.29, 0.717) is 11.4 Å². The van der Waals surface area contributed by atoms with Gasteiger partial charge < -0.3 is 14.4 Å². The molecule has 2 heterocycles. The number of aromatic nitrogens is 2. The van der Waals surface area contributed by atoms with Gasteiger partial charge in [0.2, 0.25) is 5.88 Å². The number of ether oxygens (including phenoxy) is 1. The van der Waals surface area contributed by atoms with Crippen molar-refractivity contribution in [1.29, 1.82) is 0 Å². The lowest BCUT2D eigenvalue weighted by Crippen LogP contribution is -2.05. The zero-order chi connectivity index (χ0) is 11.0. The summed E-state index contributed by atoms with van der Waals surface area (Å²) in [5.74, 6) is -0.879. The van der Waals surface area contributed by atoms with Crippen LogP contribution in [0.5, 0.6) is 5.88 Å². The first-order chi connectivity index (χ1) is 7.15. The molecular formula is C10H10N2O3. The van der Waals surface area contributed by atoms with Crippen LogP contribution in [0.3, 0.4) is 0 Å². The second-order valence-electron chi connectivity index (χ2n) is 3.15. The highest BCUT2D eigenvalue weighted by molar-refractivity contribution is 5.99. The fourth-order valence-electron chi connectivity index (χ4n) is 1.56. The predicted octanol–water partition coefficient (Wildman–Crippen LogP) is 1.02. The van der Waals surface area contributed by atoms with Crippen LogP contribution in [0.4, 0.5) is 0 Å². The Labute approximate surface area is 86.3 Å². The molecule has 0 aliphatic carbocycles. The first-order valence-corrected chi connectivity index (χ1v) is 4.37. The van der Waals surface area contributed by atoms with E-state index in [4.69, 9.17) is 0 Å². The summed E-state index contributed by atoms with van der Waals surface area (Å²) in [6, 6.07) is 3.51. The number of nitrogens with zero attached hydrogens (tertiary/aromatic N) is 2. The van der Waals surface area contributed by atoms with Gasteiger partial charge in [0.15, 0.2) is 0 Å². The van der Waals surface area contributed by atoms with E-state index >= 15 is 0 Å². The third kappa shape index (κ3) is 1.32. The molecule has 0 saturated heterocycles. The van der Waals surface area contributed by atoms with Crippen molar-refractivity contribution < 1.29 is 14.6 Å². The number of carbonyl (C=O) groups excluding carboxylic acids is 1. The number of methoxy groups -OCH3 is 1. The van der Waals surface area contributed by atoms with E-state index in [2.05, 4.69) is 9.72 Å². The predicted molar refractivity (Wildman–Crippen MR) is 52.8 cm³/mol. The maximum Gasteiger partial charge on any atom is 0.345 e. The molecule has 0 aromatic heterocycles. The van der Waals surface area contributed by atoms with Gasteiger partial charge in [-0.05, 0) is 12.1 Å². The molecule has 1 N–H and O–H groups in total. The lowest BCUT2D eigenvalue weighted by molar-refractivity contribution is 0.0598. The molecule has 0 amide bonds. The lowest BCUT2D eigenvalue weighted by atomic mass is 10.2. The van der Waals surface area contributed by atoms with E-state index < -0.39 is 5.97 Å². The molecule has 0 radical (unpaired) electrons. The minimum atomic E-state index is -0.586. The molecule has 0 unspecified atom stereocenters. The van der Waals surface area contributed by atoms with E-state index in [1.807, 2.05) is 0 Å². The van der Waals surface area contributed by atoms with Crippen LogP contribution in [-0.4, -0.2) is 27.7 Å². The van der Waals surface area contributed by atoms with Gasteiger partial charge in [-0.15, -0.1) is 0 Å². The van der Waals surface area contributed by atoms with Gasteiger partial charge in [-0.1, -0.05) is 0 Å². The number of aromatic hydroxyl groups is 1. The SMILES string of the molecule is COC(=O)c1c(O)nc2cccn(C)c1-2. The summed E-state index contributed by atoms with van der Waals surface area (Å²) in [7, 11) is 3.04. The Bertz CT molecular complexity index is 490. The minimum absolute atomic E-state index is 0.107. The number of esters is 1. The van der Waals surface area contributed by atoms with Gasteiger partial charge in [-0.3, -0.25) is 0 Å². The van der Waals surface area contributed by atoms with Crippen LogP contribution in [0.25, 0.3) is 11.4 Å². The Morgan fingerprint density at radius 3 is 3.00 bits per heavy atom. The molecular weight excluding hydrogens is 196 g/mol. The molecule has 2 aliphatic rings. The fourth-order valence-corrected chi connectivity index (χ4v) is 1.56.